The minimum absolute atomic E-state index is 0.000761. The molecule has 0 radical (unpaired) electrons. The largest absolute Gasteiger partial charge is 0.486 e. The topological polar surface area (TPSA) is 64.8 Å². The van der Waals surface area contributed by atoms with E-state index in [-0.39, 0.29) is 23.8 Å². The predicted octanol–water partition coefficient (Wildman–Crippen LogP) is 4.56. The van der Waals surface area contributed by atoms with Crippen LogP contribution in [0.5, 0.6) is 11.5 Å². The molecule has 0 saturated heterocycles. The minimum atomic E-state index is -0.0253. The summed E-state index contributed by atoms with van der Waals surface area (Å²) in [6.07, 6.45) is 4.83. The van der Waals surface area contributed by atoms with Crippen LogP contribution >= 0.6 is 0 Å². The Hall–Kier alpha value is -3.02. The number of rotatable bonds is 2. The first-order valence-electron chi connectivity index (χ1n) is 11.2. The molecular weight excluding hydrogens is 392 g/mol. The van der Waals surface area contributed by atoms with Crippen molar-refractivity contribution >= 4 is 16.9 Å². The average molecular weight is 418 g/mol. The number of aromatic nitrogens is 1. The molecule has 1 fully saturated rings. The molecule has 1 saturated carbocycles. The summed E-state index contributed by atoms with van der Waals surface area (Å²) in [5.74, 6) is 1.73. The van der Waals surface area contributed by atoms with Gasteiger partial charge in [-0.1, -0.05) is 30.1 Å². The van der Waals surface area contributed by atoms with Gasteiger partial charge in [-0.3, -0.25) is 4.79 Å². The Morgan fingerprint density at radius 1 is 1.13 bits per heavy atom. The van der Waals surface area contributed by atoms with E-state index in [2.05, 4.69) is 24.2 Å². The fourth-order valence-corrected chi connectivity index (χ4v) is 5.72. The van der Waals surface area contributed by atoms with Gasteiger partial charge in [0.05, 0.1) is 12.5 Å². The molecule has 2 aliphatic heterocycles. The first kappa shape index (κ1) is 18.7. The van der Waals surface area contributed by atoms with Gasteiger partial charge < -0.3 is 18.9 Å². The molecule has 0 bridgehead atoms. The Balaban J connectivity index is 1.37. The van der Waals surface area contributed by atoms with Gasteiger partial charge in [0, 0.05) is 17.3 Å². The summed E-state index contributed by atoms with van der Waals surface area (Å²) >= 11 is 0. The highest BCUT2D eigenvalue weighted by Crippen LogP contribution is 2.52. The first-order valence-corrected chi connectivity index (χ1v) is 11.2. The fraction of sp³-hybridized carbons (Fsp3) is 0.440. The monoisotopic (exact) mass is 418 g/mol. The van der Waals surface area contributed by atoms with Gasteiger partial charge in [0.1, 0.15) is 18.9 Å². The summed E-state index contributed by atoms with van der Waals surface area (Å²) < 4.78 is 17.2. The molecule has 3 aromatic rings. The molecular formula is C25H26N2O4. The molecule has 3 heterocycles. The highest BCUT2D eigenvalue weighted by molar-refractivity contribution is 5.86. The van der Waals surface area contributed by atoms with Gasteiger partial charge in [-0.05, 0) is 55.2 Å². The van der Waals surface area contributed by atoms with Crippen molar-refractivity contribution in [1.82, 2.24) is 10.1 Å². The van der Waals surface area contributed by atoms with Crippen LogP contribution in [0.15, 0.2) is 40.9 Å². The zero-order valence-electron chi connectivity index (χ0n) is 17.7. The molecule has 1 unspecified atom stereocenters. The van der Waals surface area contributed by atoms with Gasteiger partial charge in [-0.25, -0.2) is 0 Å². The molecule has 1 atom stereocenters. The van der Waals surface area contributed by atoms with Crippen LogP contribution in [0.25, 0.3) is 11.0 Å². The zero-order valence-corrected chi connectivity index (χ0v) is 17.7. The van der Waals surface area contributed by atoms with Gasteiger partial charge >= 0.3 is 0 Å². The summed E-state index contributed by atoms with van der Waals surface area (Å²) in [5, 5.41) is 5.10. The number of hydrogen-bond acceptors (Lipinski definition) is 5. The summed E-state index contributed by atoms with van der Waals surface area (Å²) in [7, 11) is 0. The third kappa shape index (κ3) is 2.92. The second-order valence-electron chi connectivity index (χ2n) is 9.07. The summed E-state index contributed by atoms with van der Waals surface area (Å²) in [4.78, 5) is 15.6. The smallest absolute Gasteiger partial charge is 0.229 e. The van der Waals surface area contributed by atoms with E-state index >= 15 is 0 Å². The Morgan fingerprint density at radius 2 is 1.87 bits per heavy atom. The van der Waals surface area contributed by atoms with Crippen LogP contribution in [0.4, 0.5) is 0 Å². The van der Waals surface area contributed by atoms with Crippen molar-refractivity contribution in [3.63, 3.8) is 0 Å². The van der Waals surface area contributed by atoms with E-state index in [0.717, 1.165) is 41.9 Å². The molecule has 1 spiro atoms. The quantitative estimate of drug-likeness (QED) is 0.611. The summed E-state index contributed by atoms with van der Waals surface area (Å²) in [6, 6.07) is 12.0. The Bertz CT molecular complexity index is 1160. The standard InChI is InChI=1S/C25H26N2O4/c1-16-18-12-22-23(30-11-10-29-22)13-19(18)25(8-4-5-9-25)15-27(16)24(28)14-20-17-6-2-3-7-21(17)31-26-20/h2-3,6-7,12-13,16H,4-5,8-11,14-15H2,1H3. The molecule has 1 aliphatic carbocycles. The van der Waals surface area contributed by atoms with Gasteiger partial charge in [-0.2, -0.15) is 0 Å². The Kier molecular flexibility index (Phi) is 4.23. The van der Waals surface area contributed by atoms with E-state index < -0.39 is 0 Å². The van der Waals surface area contributed by atoms with E-state index in [4.69, 9.17) is 14.0 Å². The maximum absolute atomic E-state index is 13.5. The molecule has 1 aromatic heterocycles. The number of ether oxygens (including phenoxy) is 2. The van der Waals surface area contributed by atoms with E-state index in [1.165, 1.54) is 24.0 Å². The maximum atomic E-state index is 13.5. The molecule has 6 nitrogen and oxygen atoms in total. The van der Waals surface area contributed by atoms with Gasteiger partial charge in [-0.15, -0.1) is 0 Å². The van der Waals surface area contributed by atoms with Crippen LogP contribution in [0, 0.1) is 0 Å². The average Bonchev–Trinajstić information content (AvgIpc) is 3.43. The number of para-hydroxylation sites is 1. The molecule has 31 heavy (non-hydrogen) atoms. The lowest BCUT2D eigenvalue weighted by atomic mass is 9.71. The maximum Gasteiger partial charge on any atom is 0.229 e. The first-order chi connectivity index (χ1) is 15.1. The second-order valence-corrected chi connectivity index (χ2v) is 9.07. The molecule has 3 aliphatic rings. The van der Waals surface area contributed by atoms with E-state index in [9.17, 15) is 4.79 Å². The van der Waals surface area contributed by atoms with Crippen LogP contribution < -0.4 is 9.47 Å². The van der Waals surface area contributed by atoms with Gasteiger partial charge in [0.25, 0.3) is 0 Å². The van der Waals surface area contributed by atoms with Crippen molar-refractivity contribution in [3.05, 3.63) is 53.2 Å². The normalized spacial score (nSPS) is 21.5. The van der Waals surface area contributed by atoms with Crippen molar-refractivity contribution in [2.24, 2.45) is 0 Å². The number of nitrogens with zero attached hydrogens (tertiary/aromatic N) is 2. The number of amides is 1. The fourth-order valence-electron chi connectivity index (χ4n) is 5.72. The molecule has 6 heteroatoms. The van der Waals surface area contributed by atoms with Crippen molar-refractivity contribution in [1.29, 1.82) is 0 Å². The van der Waals surface area contributed by atoms with Crippen LogP contribution in [0.1, 0.15) is 55.5 Å². The van der Waals surface area contributed by atoms with Crippen LogP contribution in [0.3, 0.4) is 0 Å². The third-order valence-corrected chi connectivity index (χ3v) is 7.33. The number of carbonyl (C=O) groups excluding carboxylic acids is 1. The lowest BCUT2D eigenvalue weighted by molar-refractivity contribution is -0.134. The zero-order chi connectivity index (χ0) is 21.0. The van der Waals surface area contributed by atoms with E-state index in [1.54, 1.807) is 0 Å². The van der Waals surface area contributed by atoms with Crippen molar-refractivity contribution in [2.75, 3.05) is 19.8 Å². The van der Waals surface area contributed by atoms with Crippen LogP contribution in [0.2, 0.25) is 0 Å². The second kappa shape index (κ2) is 7.01. The molecule has 1 amide bonds. The number of carbonyl (C=O) groups is 1. The van der Waals surface area contributed by atoms with E-state index in [1.807, 2.05) is 29.2 Å². The van der Waals surface area contributed by atoms with Crippen LogP contribution in [-0.2, 0) is 16.6 Å². The number of benzene rings is 2. The third-order valence-electron chi connectivity index (χ3n) is 7.33. The highest BCUT2D eigenvalue weighted by Gasteiger charge is 2.46. The van der Waals surface area contributed by atoms with Gasteiger partial charge in [0.15, 0.2) is 17.1 Å². The Labute approximate surface area is 181 Å². The van der Waals surface area contributed by atoms with E-state index in [0.29, 0.717) is 18.9 Å². The van der Waals surface area contributed by atoms with Crippen molar-refractivity contribution < 1.29 is 18.8 Å². The van der Waals surface area contributed by atoms with Crippen LogP contribution in [-0.4, -0.2) is 35.7 Å². The van der Waals surface area contributed by atoms with Crippen molar-refractivity contribution in [3.8, 4) is 11.5 Å². The number of hydrogen-bond donors (Lipinski definition) is 0. The summed E-state index contributed by atoms with van der Waals surface area (Å²) in [6.45, 7) is 4.02. The molecule has 160 valence electrons. The lowest BCUT2D eigenvalue weighted by Gasteiger charge is -2.46. The predicted molar refractivity (Wildman–Crippen MR) is 115 cm³/mol. The molecule has 0 N–H and O–H groups in total. The van der Waals surface area contributed by atoms with Gasteiger partial charge in [0.2, 0.25) is 5.91 Å². The van der Waals surface area contributed by atoms with Crippen molar-refractivity contribution in [2.45, 2.75) is 50.5 Å². The lowest BCUT2D eigenvalue weighted by Crippen LogP contribution is -2.49. The number of fused-ring (bicyclic) bond motifs is 4. The SMILES string of the molecule is CC1c2cc3c(cc2C2(CCCC2)CN1C(=O)Cc1noc2ccccc12)OCCO3. The molecule has 2 aromatic carbocycles. The highest BCUT2D eigenvalue weighted by atomic mass is 16.6. The minimum Gasteiger partial charge on any atom is -0.486 e. The summed E-state index contributed by atoms with van der Waals surface area (Å²) in [5.41, 5.74) is 3.97. The Morgan fingerprint density at radius 3 is 2.68 bits per heavy atom. The molecule has 6 rings (SSSR count).